The summed E-state index contributed by atoms with van der Waals surface area (Å²) in [5.41, 5.74) is 3.02. The van der Waals surface area contributed by atoms with Gasteiger partial charge >= 0.3 is 5.97 Å². The predicted molar refractivity (Wildman–Crippen MR) is 69.8 cm³/mol. The van der Waals surface area contributed by atoms with Gasteiger partial charge in [0.25, 0.3) is 0 Å². The number of fused-ring (bicyclic) bond motifs is 1. The molecule has 3 nitrogen and oxygen atoms in total. The summed E-state index contributed by atoms with van der Waals surface area (Å²) in [4.78, 5) is 11.2. The third-order valence-electron chi connectivity index (χ3n) is 3.02. The van der Waals surface area contributed by atoms with E-state index in [0.29, 0.717) is 5.56 Å². The molecule has 0 atom stereocenters. The van der Waals surface area contributed by atoms with Crippen LogP contribution < -0.4 is 0 Å². The van der Waals surface area contributed by atoms with Crippen LogP contribution in [0.1, 0.15) is 10.4 Å². The van der Waals surface area contributed by atoms with Gasteiger partial charge < -0.3 is 9.51 Å². The molecule has 0 aliphatic heterocycles. The average molecular weight is 237 g/mol. The zero-order chi connectivity index (χ0) is 12.5. The first-order valence-corrected chi connectivity index (χ1v) is 5.66. The molecule has 0 saturated carbocycles. The van der Waals surface area contributed by atoms with E-state index in [-0.39, 0.29) is 0 Å². The number of benzene rings is 1. The highest BCUT2D eigenvalue weighted by molar-refractivity contribution is 5.98. The lowest BCUT2D eigenvalue weighted by molar-refractivity contribution is 0.0698. The number of rotatable bonds is 2. The molecule has 88 valence electrons. The largest absolute Gasteiger partial charge is 0.478 e. The third kappa shape index (κ3) is 1.57. The maximum absolute atomic E-state index is 11.2. The Morgan fingerprint density at radius 3 is 2.50 bits per heavy atom. The fourth-order valence-corrected chi connectivity index (χ4v) is 2.19. The molecule has 0 unspecified atom stereocenters. The van der Waals surface area contributed by atoms with Gasteiger partial charge in [0.05, 0.1) is 11.1 Å². The van der Waals surface area contributed by atoms with Crippen molar-refractivity contribution in [3.05, 3.63) is 66.5 Å². The molecule has 2 aromatic heterocycles. The van der Waals surface area contributed by atoms with Crippen LogP contribution in [0.5, 0.6) is 0 Å². The molecule has 0 amide bonds. The number of hydrogen-bond acceptors (Lipinski definition) is 1. The number of carboxylic acid groups (broad SMARTS) is 1. The first kappa shape index (κ1) is 10.6. The van der Waals surface area contributed by atoms with E-state index >= 15 is 0 Å². The quantitative estimate of drug-likeness (QED) is 0.743. The van der Waals surface area contributed by atoms with Crippen molar-refractivity contribution in [2.45, 2.75) is 0 Å². The van der Waals surface area contributed by atoms with Crippen LogP contribution in [0.3, 0.4) is 0 Å². The summed E-state index contributed by atoms with van der Waals surface area (Å²) in [6.45, 7) is 0. The lowest BCUT2D eigenvalue weighted by atomic mass is 10.0. The maximum atomic E-state index is 11.2. The van der Waals surface area contributed by atoms with Gasteiger partial charge in [0.1, 0.15) is 0 Å². The highest BCUT2D eigenvalue weighted by atomic mass is 16.4. The first-order chi connectivity index (χ1) is 8.77. The van der Waals surface area contributed by atoms with Crippen LogP contribution in [-0.2, 0) is 0 Å². The van der Waals surface area contributed by atoms with E-state index in [1.165, 1.54) is 0 Å². The van der Waals surface area contributed by atoms with Crippen molar-refractivity contribution >= 4 is 11.5 Å². The van der Waals surface area contributed by atoms with Crippen LogP contribution in [0, 0.1) is 0 Å². The third-order valence-corrected chi connectivity index (χ3v) is 3.02. The summed E-state index contributed by atoms with van der Waals surface area (Å²) in [6.07, 6.45) is 3.88. The number of carbonyl (C=O) groups is 1. The number of hydrogen-bond donors (Lipinski definition) is 1. The Labute approximate surface area is 104 Å². The molecule has 18 heavy (non-hydrogen) atoms. The van der Waals surface area contributed by atoms with Crippen molar-refractivity contribution in [1.82, 2.24) is 4.40 Å². The van der Waals surface area contributed by atoms with Gasteiger partial charge in [0.15, 0.2) is 0 Å². The number of nitrogens with zero attached hydrogens (tertiary/aromatic N) is 1. The number of carboxylic acids is 1. The van der Waals surface area contributed by atoms with Crippen molar-refractivity contribution in [2.24, 2.45) is 0 Å². The van der Waals surface area contributed by atoms with Crippen LogP contribution in [0.4, 0.5) is 0 Å². The molecule has 3 aromatic rings. The smallest absolute Gasteiger partial charge is 0.336 e. The molecule has 0 radical (unpaired) electrons. The van der Waals surface area contributed by atoms with Gasteiger partial charge in [-0.3, -0.25) is 0 Å². The first-order valence-electron chi connectivity index (χ1n) is 5.66. The molecule has 0 saturated heterocycles. The van der Waals surface area contributed by atoms with Gasteiger partial charge in [0.2, 0.25) is 0 Å². The Hall–Kier alpha value is -2.55. The van der Waals surface area contributed by atoms with Crippen molar-refractivity contribution in [2.75, 3.05) is 0 Å². The number of pyridine rings is 1. The molecule has 0 aliphatic carbocycles. The zero-order valence-electron chi connectivity index (χ0n) is 9.58. The minimum atomic E-state index is -0.902. The lowest BCUT2D eigenvalue weighted by Gasteiger charge is -2.05. The fourth-order valence-electron chi connectivity index (χ4n) is 2.19. The summed E-state index contributed by atoms with van der Waals surface area (Å²) >= 11 is 0. The summed E-state index contributed by atoms with van der Waals surface area (Å²) in [5.74, 6) is -0.902. The molecule has 0 aliphatic rings. The lowest BCUT2D eigenvalue weighted by Crippen LogP contribution is -1.98. The van der Waals surface area contributed by atoms with Crippen molar-refractivity contribution in [3.8, 4) is 11.1 Å². The van der Waals surface area contributed by atoms with Gasteiger partial charge in [-0.1, -0.05) is 24.3 Å². The van der Waals surface area contributed by atoms with Gasteiger partial charge in [-0.15, -0.1) is 0 Å². The van der Waals surface area contributed by atoms with E-state index in [0.717, 1.165) is 16.6 Å². The Balaban J connectivity index is 2.30. The predicted octanol–water partition coefficient (Wildman–Crippen LogP) is 3.30. The van der Waals surface area contributed by atoms with E-state index in [1.807, 2.05) is 53.2 Å². The van der Waals surface area contributed by atoms with Crippen molar-refractivity contribution < 1.29 is 9.90 Å². The van der Waals surface area contributed by atoms with Crippen LogP contribution in [-0.4, -0.2) is 15.5 Å². The Bertz CT molecular complexity index is 728. The molecule has 0 spiro atoms. The Kier molecular flexibility index (Phi) is 2.38. The van der Waals surface area contributed by atoms with E-state index in [9.17, 15) is 9.90 Å². The minimum absolute atomic E-state index is 0.328. The van der Waals surface area contributed by atoms with E-state index < -0.39 is 5.97 Å². The molecule has 1 N–H and O–H groups in total. The number of aromatic carboxylic acids is 1. The average Bonchev–Trinajstić information content (AvgIpc) is 2.82. The molecule has 2 heterocycles. The SMILES string of the molecule is O=C(O)c1ccccc1-c1ccn2ccccc12. The molecule has 3 heteroatoms. The monoisotopic (exact) mass is 237 g/mol. The van der Waals surface area contributed by atoms with Gasteiger partial charge in [0, 0.05) is 18.0 Å². The van der Waals surface area contributed by atoms with Gasteiger partial charge in [-0.25, -0.2) is 4.79 Å². The minimum Gasteiger partial charge on any atom is -0.478 e. The number of aromatic nitrogens is 1. The second-order valence-electron chi connectivity index (χ2n) is 4.07. The Morgan fingerprint density at radius 1 is 0.889 bits per heavy atom. The van der Waals surface area contributed by atoms with E-state index in [1.54, 1.807) is 12.1 Å². The summed E-state index contributed by atoms with van der Waals surface area (Å²) < 4.78 is 1.98. The Morgan fingerprint density at radius 2 is 1.67 bits per heavy atom. The van der Waals surface area contributed by atoms with Gasteiger partial charge in [-0.05, 0) is 29.8 Å². The van der Waals surface area contributed by atoms with Crippen LogP contribution in [0.25, 0.3) is 16.6 Å². The van der Waals surface area contributed by atoms with Gasteiger partial charge in [-0.2, -0.15) is 0 Å². The summed E-state index contributed by atoms with van der Waals surface area (Å²) in [7, 11) is 0. The summed E-state index contributed by atoms with van der Waals surface area (Å²) in [6, 6.07) is 14.9. The standard InChI is InChI=1S/C15H11NO2/c17-15(18)13-6-2-1-5-11(13)12-8-10-16-9-4-3-7-14(12)16/h1-10H,(H,17,18). The van der Waals surface area contributed by atoms with E-state index in [4.69, 9.17) is 0 Å². The van der Waals surface area contributed by atoms with Crippen LogP contribution in [0.2, 0.25) is 0 Å². The van der Waals surface area contributed by atoms with Crippen molar-refractivity contribution in [3.63, 3.8) is 0 Å². The maximum Gasteiger partial charge on any atom is 0.336 e. The summed E-state index contributed by atoms with van der Waals surface area (Å²) in [5, 5.41) is 9.23. The normalized spacial score (nSPS) is 10.7. The second-order valence-corrected chi connectivity index (χ2v) is 4.07. The molecular weight excluding hydrogens is 226 g/mol. The highest BCUT2D eigenvalue weighted by Gasteiger charge is 2.13. The van der Waals surface area contributed by atoms with Crippen LogP contribution >= 0.6 is 0 Å². The molecule has 0 bridgehead atoms. The zero-order valence-corrected chi connectivity index (χ0v) is 9.58. The molecular formula is C15H11NO2. The van der Waals surface area contributed by atoms with Crippen molar-refractivity contribution in [1.29, 1.82) is 0 Å². The van der Waals surface area contributed by atoms with Crippen LogP contribution in [0.15, 0.2) is 60.9 Å². The molecule has 1 aromatic carbocycles. The second kappa shape index (κ2) is 4.04. The van der Waals surface area contributed by atoms with E-state index in [2.05, 4.69) is 0 Å². The molecule has 0 fully saturated rings. The topological polar surface area (TPSA) is 41.7 Å². The highest BCUT2D eigenvalue weighted by Crippen LogP contribution is 2.28. The molecule has 3 rings (SSSR count). The fraction of sp³-hybridized carbons (Fsp3) is 0.